The average Bonchev–Trinajstić information content (AvgIpc) is 2.36. The molecular weight excluding hydrogens is 270 g/mol. The minimum absolute atomic E-state index is 0.160. The first-order valence-corrected chi connectivity index (χ1v) is 9.03. The van der Waals surface area contributed by atoms with Crippen LogP contribution in [-0.2, 0) is 9.53 Å². The lowest BCUT2D eigenvalue weighted by Gasteiger charge is -2.16. The number of unbranched alkanes of at least 4 members (excludes halogenated alkanes) is 2. The van der Waals surface area contributed by atoms with Gasteiger partial charge in [-0.05, 0) is 36.2 Å². The molecule has 1 N–H and O–H groups in total. The van der Waals surface area contributed by atoms with Crippen LogP contribution >= 0.6 is 11.8 Å². The van der Waals surface area contributed by atoms with E-state index in [9.17, 15) is 4.79 Å². The first-order chi connectivity index (χ1) is 9.45. The molecule has 0 spiro atoms. The molecular formula is C16H33NO2S. The predicted octanol–water partition coefficient (Wildman–Crippen LogP) is 3.87. The van der Waals surface area contributed by atoms with Crippen LogP contribution in [0.25, 0.3) is 0 Å². The van der Waals surface area contributed by atoms with E-state index >= 15 is 0 Å². The zero-order valence-electron chi connectivity index (χ0n) is 13.8. The summed E-state index contributed by atoms with van der Waals surface area (Å²) in [6.07, 6.45) is 5.04. The van der Waals surface area contributed by atoms with E-state index in [0.717, 1.165) is 25.9 Å². The van der Waals surface area contributed by atoms with Gasteiger partial charge in [-0.15, -0.1) is 0 Å². The number of amides is 1. The molecule has 0 fully saturated rings. The van der Waals surface area contributed by atoms with Crippen molar-refractivity contribution in [2.24, 2.45) is 5.41 Å². The van der Waals surface area contributed by atoms with E-state index < -0.39 is 0 Å². The number of hydrogen-bond donors (Lipinski definition) is 1. The molecule has 0 radical (unpaired) electrons. The minimum Gasteiger partial charge on any atom is -0.380 e. The molecule has 0 atom stereocenters. The molecule has 0 unspecified atom stereocenters. The average molecular weight is 304 g/mol. The Labute approximate surface area is 129 Å². The topological polar surface area (TPSA) is 38.3 Å². The Morgan fingerprint density at radius 3 is 2.55 bits per heavy atom. The number of rotatable bonds is 12. The van der Waals surface area contributed by atoms with Gasteiger partial charge in [-0.2, -0.15) is 11.8 Å². The van der Waals surface area contributed by atoms with Gasteiger partial charge in [0.1, 0.15) is 0 Å². The third-order valence-electron chi connectivity index (χ3n) is 2.64. The van der Waals surface area contributed by atoms with Gasteiger partial charge in [0.25, 0.3) is 0 Å². The third kappa shape index (κ3) is 15.8. The Morgan fingerprint density at radius 2 is 1.90 bits per heavy atom. The Balaban J connectivity index is 3.23. The Hall–Kier alpha value is -0.220. The smallest absolute Gasteiger partial charge is 0.220 e. The monoisotopic (exact) mass is 303 g/mol. The Bertz CT molecular complexity index is 239. The lowest BCUT2D eigenvalue weighted by molar-refractivity contribution is -0.121. The minimum atomic E-state index is 0.160. The molecule has 1 amide bonds. The van der Waals surface area contributed by atoms with Crippen LogP contribution in [0.4, 0.5) is 0 Å². The highest BCUT2D eigenvalue weighted by Crippen LogP contribution is 2.21. The molecule has 4 heteroatoms. The molecule has 3 nitrogen and oxygen atoms in total. The molecule has 0 bridgehead atoms. The summed E-state index contributed by atoms with van der Waals surface area (Å²) >= 11 is 2.02. The second-order valence-electron chi connectivity index (χ2n) is 6.39. The maximum atomic E-state index is 11.5. The highest BCUT2D eigenvalue weighted by atomic mass is 32.2. The van der Waals surface area contributed by atoms with E-state index in [0.29, 0.717) is 25.0 Å². The van der Waals surface area contributed by atoms with Gasteiger partial charge in [0.2, 0.25) is 5.91 Å². The maximum Gasteiger partial charge on any atom is 0.220 e. The second-order valence-corrected chi connectivity index (χ2v) is 7.49. The van der Waals surface area contributed by atoms with Crippen molar-refractivity contribution in [3.8, 4) is 0 Å². The summed E-state index contributed by atoms with van der Waals surface area (Å²) in [6, 6.07) is 0. The van der Waals surface area contributed by atoms with E-state index in [1.807, 2.05) is 11.8 Å². The highest BCUT2D eigenvalue weighted by Gasteiger charge is 2.09. The molecule has 0 saturated carbocycles. The van der Waals surface area contributed by atoms with Crippen LogP contribution in [0.15, 0.2) is 0 Å². The molecule has 0 aromatic rings. The van der Waals surface area contributed by atoms with E-state index in [-0.39, 0.29) is 5.91 Å². The van der Waals surface area contributed by atoms with Crippen LogP contribution in [0.3, 0.4) is 0 Å². The van der Waals surface area contributed by atoms with Gasteiger partial charge < -0.3 is 10.1 Å². The Kier molecular flexibility index (Phi) is 12.4. The predicted molar refractivity (Wildman–Crippen MR) is 89.4 cm³/mol. The summed E-state index contributed by atoms with van der Waals surface area (Å²) in [5.41, 5.74) is 0.421. The third-order valence-corrected chi connectivity index (χ3v) is 4.29. The van der Waals surface area contributed by atoms with E-state index in [1.54, 1.807) is 0 Å². The molecule has 0 heterocycles. The molecule has 120 valence electrons. The largest absolute Gasteiger partial charge is 0.380 e. The lowest BCUT2D eigenvalue weighted by Crippen LogP contribution is -2.27. The first-order valence-electron chi connectivity index (χ1n) is 7.88. The normalized spacial score (nSPS) is 11.6. The van der Waals surface area contributed by atoms with E-state index in [2.05, 4.69) is 33.0 Å². The van der Waals surface area contributed by atoms with E-state index in [1.165, 1.54) is 17.9 Å². The van der Waals surface area contributed by atoms with Crippen molar-refractivity contribution in [1.29, 1.82) is 0 Å². The standard InChI is InChI=1S/C16H33NO2S/c1-5-11-19-12-10-17-15(18)9-7-6-8-13-20-14-16(2,3)4/h5-14H2,1-4H3,(H,17,18). The van der Waals surface area contributed by atoms with Crippen LogP contribution in [0.1, 0.15) is 59.8 Å². The van der Waals surface area contributed by atoms with Gasteiger partial charge in [0.15, 0.2) is 0 Å². The van der Waals surface area contributed by atoms with Crippen LogP contribution < -0.4 is 5.32 Å². The molecule has 0 rings (SSSR count). The van der Waals surface area contributed by atoms with Crippen molar-refractivity contribution >= 4 is 17.7 Å². The van der Waals surface area contributed by atoms with Crippen molar-refractivity contribution < 1.29 is 9.53 Å². The summed E-state index contributed by atoms with van der Waals surface area (Å²) in [5.74, 6) is 2.59. The number of thioether (sulfide) groups is 1. The lowest BCUT2D eigenvalue weighted by atomic mass is 10.0. The summed E-state index contributed by atoms with van der Waals surface area (Å²) in [4.78, 5) is 11.5. The molecule has 0 aromatic carbocycles. The fourth-order valence-electron chi connectivity index (χ4n) is 1.64. The quantitative estimate of drug-likeness (QED) is 0.556. The van der Waals surface area contributed by atoms with Crippen molar-refractivity contribution in [2.45, 2.75) is 59.8 Å². The zero-order valence-corrected chi connectivity index (χ0v) is 14.6. The SMILES string of the molecule is CCCOCCNC(=O)CCCCCSCC(C)(C)C. The molecule has 20 heavy (non-hydrogen) atoms. The number of carbonyl (C=O) groups excluding carboxylic acids is 1. The number of hydrogen-bond acceptors (Lipinski definition) is 3. The fourth-order valence-corrected chi connectivity index (χ4v) is 2.81. The van der Waals surface area contributed by atoms with Crippen molar-refractivity contribution in [3.05, 3.63) is 0 Å². The Morgan fingerprint density at radius 1 is 1.15 bits per heavy atom. The molecule has 0 aliphatic rings. The summed E-state index contributed by atoms with van der Waals surface area (Å²) in [5, 5.41) is 2.89. The van der Waals surface area contributed by atoms with Gasteiger partial charge >= 0.3 is 0 Å². The van der Waals surface area contributed by atoms with Gasteiger partial charge in [0.05, 0.1) is 6.61 Å². The number of carbonyl (C=O) groups is 1. The van der Waals surface area contributed by atoms with Crippen LogP contribution in [0, 0.1) is 5.41 Å². The van der Waals surface area contributed by atoms with Crippen molar-refractivity contribution in [3.63, 3.8) is 0 Å². The van der Waals surface area contributed by atoms with Gasteiger partial charge in [-0.1, -0.05) is 34.1 Å². The maximum absolute atomic E-state index is 11.5. The summed E-state index contributed by atoms with van der Waals surface area (Å²) in [6.45, 7) is 10.9. The molecule has 0 saturated heterocycles. The zero-order chi connectivity index (χ0) is 15.3. The first kappa shape index (κ1) is 19.8. The highest BCUT2D eigenvalue weighted by molar-refractivity contribution is 7.99. The van der Waals surface area contributed by atoms with E-state index in [4.69, 9.17) is 4.74 Å². The molecule has 0 aromatic heterocycles. The molecule has 0 aliphatic heterocycles. The van der Waals surface area contributed by atoms with Crippen molar-refractivity contribution in [1.82, 2.24) is 5.32 Å². The van der Waals surface area contributed by atoms with Crippen LogP contribution in [0.5, 0.6) is 0 Å². The van der Waals surface area contributed by atoms with Crippen molar-refractivity contribution in [2.75, 3.05) is 31.3 Å². The fraction of sp³-hybridized carbons (Fsp3) is 0.938. The van der Waals surface area contributed by atoms with Gasteiger partial charge in [-0.25, -0.2) is 0 Å². The summed E-state index contributed by atoms with van der Waals surface area (Å²) < 4.78 is 5.31. The summed E-state index contributed by atoms with van der Waals surface area (Å²) in [7, 11) is 0. The molecule has 0 aliphatic carbocycles. The van der Waals surface area contributed by atoms with Gasteiger partial charge in [-0.3, -0.25) is 4.79 Å². The van der Waals surface area contributed by atoms with Crippen LogP contribution in [0.2, 0.25) is 0 Å². The second kappa shape index (κ2) is 12.5. The van der Waals surface area contributed by atoms with Crippen LogP contribution in [-0.4, -0.2) is 37.2 Å². The number of nitrogens with one attached hydrogen (secondary N) is 1. The van der Waals surface area contributed by atoms with Gasteiger partial charge in [0, 0.05) is 19.6 Å². The number of ether oxygens (including phenoxy) is 1.